The summed E-state index contributed by atoms with van der Waals surface area (Å²) in [7, 11) is 1.28. The molecule has 1 aromatic carbocycles. The van der Waals surface area contributed by atoms with E-state index in [4.69, 9.17) is 34.8 Å². The molecule has 4 nitrogen and oxygen atoms in total. The lowest BCUT2D eigenvalue weighted by Crippen LogP contribution is -1.98. The molecule has 0 amide bonds. The van der Waals surface area contributed by atoms with Crippen LogP contribution in [0.25, 0.3) is 0 Å². The molecular weight excluding hydrogens is 331 g/mol. The monoisotopic (exact) mass is 336 g/mol. The summed E-state index contributed by atoms with van der Waals surface area (Å²) >= 11 is 18.8. The number of rotatable bonds is 3. The van der Waals surface area contributed by atoms with Gasteiger partial charge < -0.3 is 10.1 Å². The summed E-state index contributed by atoms with van der Waals surface area (Å²) in [5, 5.41) is 4.46. The molecule has 0 aliphatic heterocycles. The van der Waals surface area contributed by atoms with Crippen LogP contribution in [0, 0.1) is 0 Å². The Kier molecular flexibility index (Phi) is 4.52. The Hall–Kier alpha value is -1.01. The molecule has 0 atom stereocenters. The number of esters is 1. The highest BCUT2D eigenvalue weighted by Gasteiger charge is 2.17. The molecule has 0 aliphatic carbocycles. The lowest BCUT2D eigenvalue weighted by molar-refractivity contribution is 0.0606. The fraction of sp³-hybridized carbons (Fsp3) is 0.0909. The molecular formula is C11H7Cl3N2O2S. The van der Waals surface area contributed by atoms with E-state index in [1.807, 2.05) is 0 Å². The number of anilines is 2. The molecule has 0 spiro atoms. The van der Waals surface area contributed by atoms with Crippen molar-refractivity contribution in [1.29, 1.82) is 0 Å². The van der Waals surface area contributed by atoms with Crippen molar-refractivity contribution in [2.24, 2.45) is 0 Å². The van der Waals surface area contributed by atoms with Gasteiger partial charge in [-0.15, -0.1) is 0 Å². The number of halogens is 3. The van der Waals surface area contributed by atoms with Crippen LogP contribution in [-0.2, 0) is 4.74 Å². The maximum Gasteiger partial charge on any atom is 0.351 e. The molecule has 1 aromatic heterocycles. The average Bonchev–Trinajstić information content (AvgIpc) is 2.73. The number of carbonyl (C=O) groups excluding carboxylic acids is 1. The third-order valence-electron chi connectivity index (χ3n) is 2.13. The highest BCUT2D eigenvalue weighted by Crippen LogP contribution is 2.33. The first-order chi connectivity index (χ1) is 9.01. The van der Waals surface area contributed by atoms with E-state index >= 15 is 0 Å². The van der Waals surface area contributed by atoms with E-state index in [1.54, 1.807) is 18.2 Å². The minimum absolute atomic E-state index is 0.0874. The Bertz CT molecular complexity index is 630. The number of carbonyl (C=O) groups is 1. The minimum Gasteiger partial charge on any atom is -0.465 e. The van der Waals surface area contributed by atoms with Crippen molar-refractivity contribution in [3.8, 4) is 0 Å². The Morgan fingerprint density at radius 1 is 1.37 bits per heavy atom. The van der Waals surface area contributed by atoms with Crippen molar-refractivity contribution in [2.45, 2.75) is 0 Å². The molecule has 0 radical (unpaired) electrons. The number of benzene rings is 1. The van der Waals surface area contributed by atoms with Gasteiger partial charge in [0.05, 0.1) is 17.8 Å². The normalized spacial score (nSPS) is 10.3. The largest absolute Gasteiger partial charge is 0.465 e. The first-order valence-electron chi connectivity index (χ1n) is 4.98. The van der Waals surface area contributed by atoms with E-state index < -0.39 is 5.97 Å². The van der Waals surface area contributed by atoms with Gasteiger partial charge in [0.1, 0.15) is 0 Å². The van der Waals surface area contributed by atoms with Crippen LogP contribution in [0.3, 0.4) is 0 Å². The van der Waals surface area contributed by atoms with Crippen molar-refractivity contribution in [3.63, 3.8) is 0 Å². The first kappa shape index (κ1) is 14.4. The van der Waals surface area contributed by atoms with Gasteiger partial charge in [0, 0.05) is 5.02 Å². The number of methoxy groups -OCH3 is 1. The van der Waals surface area contributed by atoms with E-state index in [0.717, 1.165) is 11.3 Å². The highest BCUT2D eigenvalue weighted by molar-refractivity contribution is 7.18. The zero-order valence-corrected chi connectivity index (χ0v) is 12.6. The van der Waals surface area contributed by atoms with Crippen molar-refractivity contribution in [3.05, 3.63) is 38.3 Å². The molecule has 0 bridgehead atoms. The average molecular weight is 338 g/mol. The van der Waals surface area contributed by atoms with Crippen molar-refractivity contribution in [1.82, 2.24) is 4.98 Å². The molecule has 0 unspecified atom stereocenters. The Morgan fingerprint density at radius 3 is 2.74 bits per heavy atom. The number of nitrogens with one attached hydrogen (secondary N) is 1. The fourth-order valence-electron chi connectivity index (χ4n) is 1.28. The predicted octanol–water partition coefficient (Wildman–Crippen LogP) is 4.63. The standard InChI is InChI=1S/C11H7Cl3N2O2S/c1-18-10(17)8-9(14)16-11(19-8)15-7-3-2-5(12)4-6(7)13/h2-4H,1H3,(H,15,16). The smallest absolute Gasteiger partial charge is 0.351 e. The van der Waals surface area contributed by atoms with Crippen molar-refractivity contribution < 1.29 is 9.53 Å². The van der Waals surface area contributed by atoms with Crippen molar-refractivity contribution in [2.75, 3.05) is 12.4 Å². The Labute approximate surface area is 128 Å². The second kappa shape index (κ2) is 5.96. The summed E-state index contributed by atoms with van der Waals surface area (Å²) in [5.41, 5.74) is 0.618. The summed E-state index contributed by atoms with van der Waals surface area (Å²) in [6.07, 6.45) is 0. The predicted molar refractivity (Wildman–Crippen MR) is 78.2 cm³/mol. The third-order valence-corrected chi connectivity index (χ3v) is 4.01. The molecule has 2 aromatic rings. The van der Waals surface area contributed by atoms with Crippen LogP contribution >= 0.6 is 46.1 Å². The van der Waals surface area contributed by atoms with Crippen LogP contribution in [0.5, 0.6) is 0 Å². The molecule has 0 fully saturated rings. The van der Waals surface area contributed by atoms with Gasteiger partial charge in [-0.2, -0.15) is 0 Å². The topological polar surface area (TPSA) is 51.2 Å². The number of thiazole rings is 1. The van der Waals surface area contributed by atoms with E-state index in [0.29, 0.717) is 20.9 Å². The Balaban J connectivity index is 2.26. The summed E-state index contributed by atoms with van der Waals surface area (Å²) in [5.74, 6) is -0.530. The summed E-state index contributed by atoms with van der Waals surface area (Å²) in [6.45, 7) is 0. The molecule has 1 heterocycles. The Morgan fingerprint density at radius 2 is 2.11 bits per heavy atom. The lowest BCUT2D eigenvalue weighted by atomic mass is 10.3. The third kappa shape index (κ3) is 3.30. The summed E-state index contributed by atoms with van der Waals surface area (Å²) in [6, 6.07) is 4.99. The molecule has 8 heteroatoms. The van der Waals surface area contributed by atoms with Crippen LogP contribution in [-0.4, -0.2) is 18.1 Å². The van der Waals surface area contributed by atoms with Crippen LogP contribution < -0.4 is 5.32 Å². The summed E-state index contributed by atoms with van der Waals surface area (Å²) in [4.78, 5) is 15.7. The van der Waals surface area contributed by atoms with Gasteiger partial charge in [0.2, 0.25) is 0 Å². The number of hydrogen-bond acceptors (Lipinski definition) is 5. The highest BCUT2D eigenvalue weighted by atomic mass is 35.5. The molecule has 2 rings (SSSR count). The second-order valence-corrected chi connectivity index (χ2v) is 5.58. The van der Waals surface area contributed by atoms with Gasteiger partial charge in [-0.3, -0.25) is 0 Å². The van der Waals surface area contributed by atoms with Crippen molar-refractivity contribution >= 4 is 62.9 Å². The van der Waals surface area contributed by atoms with Crippen LogP contribution in [0.2, 0.25) is 15.2 Å². The zero-order valence-electron chi connectivity index (χ0n) is 9.54. The molecule has 0 aliphatic rings. The summed E-state index contributed by atoms with van der Waals surface area (Å²) < 4.78 is 4.60. The maximum atomic E-state index is 11.4. The van der Waals surface area contributed by atoms with Gasteiger partial charge in [0.25, 0.3) is 0 Å². The first-order valence-corrected chi connectivity index (χ1v) is 6.93. The number of hydrogen-bond donors (Lipinski definition) is 1. The van der Waals surface area contributed by atoms with Crippen LogP contribution in [0.4, 0.5) is 10.8 Å². The molecule has 0 saturated carbocycles. The molecule has 100 valence electrons. The lowest BCUT2D eigenvalue weighted by Gasteiger charge is -2.04. The van der Waals surface area contributed by atoms with E-state index in [2.05, 4.69) is 15.0 Å². The minimum atomic E-state index is -0.530. The van der Waals surface area contributed by atoms with Gasteiger partial charge in [0.15, 0.2) is 15.2 Å². The van der Waals surface area contributed by atoms with Gasteiger partial charge in [-0.1, -0.05) is 46.1 Å². The second-order valence-electron chi connectivity index (χ2n) is 3.38. The zero-order chi connectivity index (χ0) is 14.0. The molecule has 19 heavy (non-hydrogen) atoms. The molecule has 0 saturated heterocycles. The van der Waals surface area contributed by atoms with Gasteiger partial charge >= 0.3 is 5.97 Å². The van der Waals surface area contributed by atoms with E-state index in [-0.39, 0.29) is 10.0 Å². The van der Waals surface area contributed by atoms with E-state index in [9.17, 15) is 4.79 Å². The maximum absolute atomic E-state index is 11.4. The van der Waals surface area contributed by atoms with Crippen LogP contribution in [0.1, 0.15) is 9.67 Å². The van der Waals surface area contributed by atoms with Gasteiger partial charge in [-0.25, -0.2) is 9.78 Å². The quantitative estimate of drug-likeness (QED) is 0.829. The van der Waals surface area contributed by atoms with Gasteiger partial charge in [-0.05, 0) is 18.2 Å². The number of aromatic nitrogens is 1. The fourth-order valence-corrected chi connectivity index (χ4v) is 2.85. The number of nitrogens with zero attached hydrogens (tertiary/aromatic N) is 1. The van der Waals surface area contributed by atoms with Crippen LogP contribution in [0.15, 0.2) is 18.2 Å². The SMILES string of the molecule is COC(=O)c1sc(Nc2ccc(Cl)cc2Cl)nc1Cl. The van der Waals surface area contributed by atoms with E-state index in [1.165, 1.54) is 7.11 Å². The number of ether oxygens (including phenoxy) is 1. The molecule has 1 N–H and O–H groups in total.